The van der Waals surface area contributed by atoms with Crippen LogP contribution in [0.5, 0.6) is 0 Å². The van der Waals surface area contributed by atoms with E-state index in [4.69, 9.17) is 5.11 Å². The number of hydrogen-bond donors (Lipinski definition) is 2. The van der Waals surface area contributed by atoms with Crippen LogP contribution in [0.15, 0.2) is 48.5 Å². The predicted octanol–water partition coefficient (Wildman–Crippen LogP) is 5.76. The Balaban J connectivity index is 2.03. The highest BCUT2D eigenvalue weighted by Crippen LogP contribution is 2.31. The zero-order valence-electron chi connectivity index (χ0n) is 20.4. The third kappa shape index (κ3) is 9.57. The molecule has 6 nitrogen and oxygen atoms in total. The fourth-order valence-electron chi connectivity index (χ4n) is 4.07. The van der Waals surface area contributed by atoms with E-state index < -0.39 is 22.1 Å². The Bertz CT molecular complexity index is 988. The molecule has 188 valence electrons. The molecule has 2 N–H and O–H groups in total. The molecule has 0 saturated carbocycles. The van der Waals surface area contributed by atoms with Gasteiger partial charge in [0.25, 0.3) is 0 Å². The molecule has 2 aromatic rings. The van der Waals surface area contributed by atoms with E-state index in [9.17, 15) is 18.3 Å². The van der Waals surface area contributed by atoms with Crippen molar-refractivity contribution in [3.63, 3.8) is 0 Å². The second kappa shape index (κ2) is 14.2. The second-order valence-electron chi connectivity index (χ2n) is 8.95. The smallest absolute Gasteiger partial charge is 0.303 e. The van der Waals surface area contributed by atoms with Gasteiger partial charge >= 0.3 is 5.97 Å². The molecule has 1 unspecified atom stereocenters. The minimum Gasteiger partial charge on any atom is -0.481 e. The van der Waals surface area contributed by atoms with E-state index in [1.54, 1.807) is 0 Å². The Kier molecular flexibility index (Phi) is 11.7. The maximum absolute atomic E-state index is 12.3. The Morgan fingerprint density at radius 3 is 2.26 bits per heavy atom. The van der Waals surface area contributed by atoms with Gasteiger partial charge in [0.05, 0.1) is 12.4 Å². The second-order valence-corrected chi connectivity index (χ2v) is 10.9. The molecule has 0 aliphatic carbocycles. The normalized spacial score (nSPS) is 12.7. The summed E-state index contributed by atoms with van der Waals surface area (Å²) in [5.41, 5.74) is 3.82. The van der Waals surface area contributed by atoms with E-state index in [0.29, 0.717) is 25.9 Å². The number of benzene rings is 2. The van der Waals surface area contributed by atoms with Crippen LogP contribution in [0.1, 0.15) is 81.9 Å². The van der Waals surface area contributed by atoms with Gasteiger partial charge in [0.15, 0.2) is 0 Å². The summed E-state index contributed by atoms with van der Waals surface area (Å²) in [5, 5.41) is 19.4. The van der Waals surface area contributed by atoms with Gasteiger partial charge in [0, 0.05) is 19.5 Å². The van der Waals surface area contributed by atoms with Gasteiger partial charge in [-0.3, -0.25) is 4.79 Å². The number of sulfonamides is 1. The Hall–Kier alpha value is -2.22. The molecule has 2 rings (SSSR count). The maximum Gasteiger partial charge on any atom is 0.303 e. The molecule has 7 heteroatoms. The lowest BCUT2D eigenvalue weighted by Crippen LogP contribution is -2.30. The molecule has 0 aliphatic rings. The minimum atomic E-state index is -3.35. The molecular formula is C27H39NO5S. The highest BCUT2D eigenvalue weighted by molar-refractivity contribution is 7.88. The van der Waals surface area contributed by atoms with E-state index in [1.807, 2.05) is 48.5 Å². The first-order valence-electron chi connectivity index (χ1n) is 12.3. The first kappa shape index (κ1) is 28.0. The number of aliphatic hydroxyl groups excluding tert-OH is 1. The molecule has 0 fully saturated rings. The molecule has 0 spiro atoms. The molecular weight excluding hydrogens is 450 g/mol. The number of aliphatic hydroxyl groups is 1. The van der Waals surface area contributed by atoms with E-state index >= 15 is 0 Å². The van der Waals surface area contributed by atoms with Gasteiger partial charge in [0.1, 0.15) is 0 Å². The minimum absolute atomic E-state index is 0.154. The van der Waals surface area contributed by atoms with Crippen LogP contribution in [-0.4, -0.2) is 41.7 Å². The van der Waals surface area contributed by atoms with E-state index in [2.05, 4.69) is 6.92 Å². The van der Waals surface area contributed by atoms with Crippen molar-refractivity contribution in [2.45, 2.75) is 77.4 Å². The first-order chi connectivity index (χ1) is 16.2. The summed E-state index contributed by atoms with van der Waals surface area (Å²) in [7, 11) is -3.35. The number of carbonyl (C=O) groups is 1. The quantitative estimate of drug-likeness (QED) is 0.292. The van der Waals surface area contributed by atoms with Crippen LogP contribution >= 0.6 is 0 Å². The fraction of sp³-hybridized carbons (Fsp3) is 0.519. The van der Waals surface area contributed by atoms with Gasteiger partial charge in [-0.15, -0.1) is 0 Å². The van der Waals surface area contributed by atoms with E-state index in [-0.39, 0.29) is 6.42 Å². The zero-order chi connectivity index (χ0) is 25.0. The van der Waals surface area contributed by atoms with Crippen LogP contribution in [0.2, 0.25) is 0 Å². The van der Waals surface area contributed by atoms with Crippen molar-refractivity contribution in [2.24, 2.45) is 0 Å². The summed E-state index contributed by atoms with van der Waals surface area (Å²) in [5.74, 6) is -0.796. The van der Waals surface area contributed by atoms with Gasteiger partial charge in [-0.25, -0.2) is 8.42 Å². The van der Waals surface area contributed by atoms with Crippen molar-refractivity contribution in [2.75, 3.05) is 12.8 Å². The monoisotopic (exact) mass is 489 g/mol. The third-order valence-electron chi connectivity index (χ3n) is 6.04. The summed E-state index contributed by atoms with van der Waals surface area (Å²) >= 11 is 0. The van der Waals surface area contributed by atoms with Crippen LogP contribution in [0, 0.1) is 0 Å². The molecule has 0 saturated heterocycles. The highest BCUT2D eigenvalue weighted by Gasteiger charge is 2.17. The topological polar surface area (TPSA) is 94.9 Å². The van der Waals surface area contributed by atoms with Crippen LogP contribution in [-0.2, 0) is 21.4 Å². The van der Waals surface area contributed by atoms with Gasteiger partial charge in [-0.05, 0) is 41.5 Å². The molecule has 0 aliphatic heterocycles. The average Bonchev–Trinajstić information content (AvgIpc) is 2.80. The fourth-order valence-corrected chi connectivity index (χ4v) is 4.91. The van der Waals surface area contributed by atoms with Crippen molar-refractivity contribution in [1.29, 1.82) is 0 Å². The van der Waals surface area contributed by atoms with Crippen molar-refractivity contribution in [3.05, 3.63) is 59.7 Å². The van der Waals surface area contributed by atoms with Gasteiger partial charge < -0.3 is 10.2 Å². The third-order valence-corrected chi connectivity index (χ3v) is 7.29. The molecule has 0 aromatic heterocycles. The standard InChI is InChI=1S/C27H39NO5S/c1-3-4-7-14-26(29)25-13-10-9-12-24(25)23-18-16-22(17-19-23)21-28(34(2,32)33)20-11-6-5-8-15-27(30)31/h9-10,12-13,16-19,26,29H,3-8,11,14-15,20-21H2,1-2H3,(H,30,31). The number of carboxylic acid groups (broad SMARTS) is 1. The SMILES string of the molecule is CCCCCC(O)c1ccccc1-c1ccc(CN(CCCCCCC(=O)O)S(C)(=O)=O)cc1. The summed E-state index contributed by atoms with van der Waals surface area (Å²) < 4.78 is 26.0. The summed E-state index contributed by atoms with van der Waals surface area (Å²) in [6.07, 6.45) is 7.73. The van der Waals surface area contributed by atoms with Crippen molar-refractivity contribution in [1.82, 2.24) is 4.31 Å². The number of nitrogens with zero attached hydrogens (tertiary/aromatic N) is 1. The van der Waals surface area contributed by atoms with Gasteiger partial charge in [0.2, 0.25) is 10.0 Å². The molecule has 1 atom stereocenters. The van der Waals surface area contributed by atoms with Crippen LogP contribution in [0.3, 0.4) is 0 Å². The Labute approximate surface area is 204 Å². The average molecular weight is 490 g/mol. The van der Waals surface area contributed by atoms with Crippen molar-refractivity contribution in [3.8, 4) is 11.1 Å². The van der Waals surface area contributed by atoms with Crippen molar-refractivity contribution < 1.29 is 23.4 Å². The number of aliphatic carboxylic acids is 1. The molecule has 2 aromatic carbocycles. The molecule has 34 heavy (non-hydrogen) atoms. The van der Waals surface area contributed by atoms with Gasteiger partial charge in [-0.1, -0.05) is 87.6 Å². The molecule has 0 heterocycles. The maximum atomic E-state index is 12.3. The summed E-state index contributed by atoms with van der Waals surface area (Å²) in [6, 6.07) is 15.8. The van der Waals surface area contributed by atoms with Crippen LogP contribution < -0.4 is 0 Å². The number of unbranched alkanes of at least 4 members (excludes halogenated alkanes) is 5. The Morgan fingerprint density at radius 2 is 1.62 bits per heavy atom. The first-order valence-corrected chi connectivity index (χ1v) is 14.1. The number of carboxylic acids is 1. The lowest BCUT2D eigenvalue weighted by molar-refractivity contribution is -0.137. The summed E-state index contributed by atoms with van der Waals surface area (Å²) in [6.45, 7) is 2.87. The van der Waals surface area contributed by atoms with Gasteiger partial charge in [-0.2, -0.15) is 4.31 Å². The largest absolute Gasteiger partial charge is 0.481 e. The lowest BCUT2D eigenvalue weighted by atomic mass is 9.93. The number of rotatable bonds is 16. The molecule has 0 bridgehead atoms. The zero-order valence-corrected chi connectivity index (χ0v) is 21.3. The molecule has 0 amide bonds. The van der Waals surface area contributed by atoms with Crippen LogP contribution in [0.25, 0.3) is 11.1 Å². The predicted molar refractivity (Wildman–Crippen MR) is 137 cm³/mol. The lowest BCUT2D eigenvalue weighted by Gasteiger charge is -2.20. The number of hydrogen-bond acceptors (Lipinski definition) is 4. The molecule has 0 radical (unpaired) electrons. The van der Waals surface area contributed by atoms with E-state index in [1.165, 1.54) is 10.6 Å². The summed E-state index contributed by atoms with van der Waals surface area (Å²) in [4.78, 5) is 10.6. The van der Waals surface area contributed by atoms with Crippen LogP contribution in [0.4, 0.5) is 0 Å². The highest BCUT2D eigenvalue weighted by atomic mass is 32.2. The Morgan fingerprint density at radius 1 is 0.941 bits per heavy atom. The van der Waals surface area contributed by atoms with Crippen molar-refractivity contribution >= 4 is 16.0 Å². The van der Waals surface area contributed by atoms with E-state index in [0.717, 1.165) is 60.8 Å².